The van der Waals surface area contributed by atoms with Crippen molar-refractivity contribution < 1.29 is 19.1 Å². The summed E-state index contributed by atoms with van der Waals surface area (Å²) in [6.45, 7) is 2.14. The molecular formula is C20H22N2O4. The molecule has 0 unspecified atom stereocenters. The number of amides is 2. The predicted octanol–water partition coefficient (Wildman–Crippen LogP) is 2.93. The molecular weight excluding hydrogens is 332 g/mol. The molecule has 0 spiro atoms. The first-order valence-electron chi connectivity index (χ1n) is 8.62. The van der Waals surface area contributed by atoms with Crippen molar-refractivity contribution in [3.05, 3.63) is 54.1 Å². The molecule has 1 heterocycles. The smallest absolute Gasteiger partial charge is 0.409 e. The molecule has 0 atom stereocenters. The molecule has 1 aliphatic heterocycles. The van der Waals surface area contributed by atoms with Crippen LogP contribution in [-0.4, -0.2) is 50.3 Å². The minimum Gasteiger partial charge on any atom is -0.496 e. The molecule has 136 valence electrons. The van der Waals surface area contributed by atoms with Gasteiger partial charge in [-0.25, -0.2) is 4.79 Å². The van der Waals surface area contributed by atoms with E-state index in [2.05, 4.69) is 5.32 Å². The van der Waals surface area contributed by atoms with Gasteiger partial charge in [-0.1, -0.05) is 30.3 Å². The Hall–Kier alpha value is -3.02. The molecule has 1 N–H and O–H groups in total. The first-order valence-corrected chi connectivity index (χ1v) is 8.62. The third-order valence-corrected chi connectivity index (χ3v) is 4.28. The minimum atomic E-state index is -0.279. The first-order chi connectivity index (χ1) is 12.7. The Bertz CT molecular complexity index is 777. The van der Waals surface area contributed by atoms with Crippen molar-refractivity contribution in [3.8, 4) is 16.9 Å². The summed E-state index contributed by atoms with van der Waals surface area (Å²) < 4.78 is 10.3. The lowest BCUT2D eigenvalue weighted by molar-refractivity contribution is 0.0952. The van der Waals surface area contributed by atoms with Crippen LogP contribution in [-0.2, 0) is 4.74 Å². The van der Waals surface area contributed by atoms with E-state index in [1.54, 1.807) is 24.1 Å². The third kappa shape index (κ3) is 4.14. The van der Waals surface area contributed by atoms with Crippen LogP contribution in [0.15, 0.2) is 48.5 Å². The van der Waals surface area contributed by atoms with E-state index < -0.39 is 0 Å². The molecule has 2 amide bonds. The maximum absolute atomic E-state index is 12.4. The number of nitrogens with zero attached hydrogens (tertiary/aromatic N) is 1. The fourth-order valence-electron chi connectivity index (χ4n) is 2.90. The van der Waals surface area contributed by atoms with Gasteiger partial charge in [0.2, 0.25) is 0 Å². The molecule has 0 saturated carbocycles. The van der Waals surface area contributed by atoms with Crippen molar-refractivity contribution in [3.63, 3.8) is 0 Å². The van der Waals surface area contributed by atoms with Gasteiger partial charge in [-0.05, 0) is 30.2 Å². The summed E-state index contributed by atoms with van der Waals surface area (Å²) >= 11 is 0. The van der Waals surface area contributed by atoms with Gasteiger partial charge >= 0.3 is 6.09 Å². The number of rotatable bonds is 7. The highest BCUT2D eigenvalue weighted by atomic mass is 16.6. The fraction of sp³-hybridized carbons (Fsp3) is 0.300. The zero-order chi connectivity index (χ0) is 18.4. The van der Waals surface area contributed by atoms with E-state index >= 15 is 0 Å². The zero-order valence-corrected chi connectivity index (χ0v) is 14.7. The number of carbonyl (C=O) groups excluding carboxylic acids is 2. The second-order valence-electron chi connectivity index (χ2n) is 5.99. The molecule has 6 heteroatoms. The van der Waals surface area contributed by atoms with Gasteiger partial charge in [0.1, 0.15) is 12.4 Å². The van der Waals surface area contributed by atoms with Crippen LogP contribution < -0.4 is 10.1 Å². The number of carbonyl (C=O) groups is 2. The number of hydrogen-bond donors (Lipinski definition) is 1. The number of benzene rings is 2. The van der Waals surface area contributed by atoms with Gasteiger partial charge in [0.25, 0.3) is 5.91 Å². The lowest BCUT2D eigenvalue weighted by atomic mass is 10.0. The molecule has 6 nitrogen and oxygen atoms in total. The summed E-state index contributed by atoms with van der Waals surface area (Å²) in [6, 6.07) is 15.2. The molecule has 1 aliphatic rings. The Kier molecular flexibility index (Phi) is 5.73. The third-order valence-electron chi connectivity index (χ3n) is 4.28. The van der Waals surface area contributed by atoms with Crippen LogP contribution in [0.1, 0.15) is 16.8 Å². The highest BCUT2D eigenvalue weighted by Gasteiger charge is 2.20. The second-order valence-corrected chi connectivity index (χ2v) is 5.99. The van der Waals surface area contributed by atoms with Crippen molar-refractivity contribution in [2.45, 2.75) is 6.42 Å². The van der Waals surface area contributed by atoms with Gasteiger partial charge in [0, 0.05) is 24.2 Å². The van der Waals surface area contributed by atoms with E-state index in [-0.39, 0.29) is 12.0 Å². The zero-order valence-electron chi connectivity index (χ0n) is 14.7. The molecule has 0 aromatic heterocycles. The molecule has 1 saturated heterocycles. The monoisotopic (exact) mass is 354 g/mol. The lowest BCUT2D eigenvalue weighted by Crippen LogP contribution is -2.30. The van der Waals surface area contributed by atoms with Crippen molar-refractivity contribution >= 4 is 12.0 Å². The second kappa shape index (κ2) is 8.38. The van der Waals surface area contributed by atoms with E-state index in [0.717, 1.165) is 16.9 Å². The maximum Gasteiger partial charge on any atom is 0.409 e. The Balaban J connectivity index is 1.61. The number of cyclic esters (lactones) is 1. The predicted molar refractivity (Wildman–Crippen MR) is 98.3 cm³/mol. The van der Waals surface area contributed by atoms with Crippen LogP contribution >= 0.6 is 0 Å². The molecule has 1 fully saturated rings. The van der Waals surface area contributed by atoms with Gasteiger partial charge in [-0.3, -0.25) is 4.79 Å². The molecule has 2 aromatic carbocycles. The Labute approximate surface area is 152 Å². The number of methoxy groups -OCH3 is 1. The van der Waals surface area contributed by atoms with Crippen molar-refractivity contribution in [2.75, 3.05) is 33.4 Å². The molecule has 0 aliphatic carbocycles. The molecule has 0 radical (unpaired) electrons. The summed E-state index contributed by atoms with van der Waals surface area (Å²) in [4.78, 5) is 25.4. The number of ether oxygens (including phenoxy) is 2. The largest absolute Gasteiger partial charge is 0.496 e. The van der Waals surface area contributed by atoms with Crippen LogP contribution in [0.4, 0.5) is 4.79 Å². The van der Waals surface area contributed by atoms with Crippen LogP contribution in [0, 0.1) is 0 Å². The van der Waals surface area contributed by atoms with Crippen molar-refractivity contribution in [1.29, 1.82) is 0 Å². The topological polar surface area (TPSA) is 67.9 Å². The van der Waals surface area contributed by atoms with Crippen molar-refractivity contribution in [2.24, 2.45) is 0 Å². The first kappa shape index (κ1) is 17.8. The Morgan fingerprint density at radius 1 is 1.23 bits per heavy atom. The van der Waals surface area contributed by atoms with Crippen molar-refractivity contribution in [1.82, 2.24) is 10.2 Å². The van der Waals surface area contributed by atoms with Crippen LogP contribution in [0.2, 0.25) is 0 Å². The standard InChI is InChI=1S/C20H22N2O4/c1-25-18-9-8-16(14-17(18)15-6-3-2-4-7-15)19(23)21-10-5-11-22-12-13-26-20(22)24/h2-4,6-9,14H,5,10-13H2,1H3,(H,21,23). The average molecular weight is 354 g/mol. The van der Waals surface area contributed by atoms with Gasteiger partial charge in [0.15, 0.2) is 0 Å². The SMILES string of the molecule is COc1ccc(C(=O)NCCCN2CCOC2=O)cc1-c1ccccc1. The minimum absolute atomic E-state index is 0.145. The molecule has 2 aromatic rings. The van der Waals surface area contributed by atoms with Crippen LogP contribution in [0.5, 0.6) is 5.75 Å². The Morgan fingerprint density at radius 2 is 2.04 bits per heavy atom. The highest BCUT2D eigenvalue weighted by molar-refractivity contribution is 5.96. The summed E-state index contributed by atoms with van der Waals surface area (Å²) in [5.74, 6) is 0.578. The summed E-state index contributed by atoms with van der Waals surface area (Å²) in [5.41, 5.74) is 2.44. The van der Waals surface area contributed by atoms with Gasteiger partial charge in [-0.2, -0.15) is 0 Å². The highest BCUT2D eigenvalue weighted by Crippen LogP contribution is 2.30. The maximum atomic E-state index is 12.4. The van der Waals surface area contributed by atoms with E-state index in [9.17, 15) is 9.59 Å². The van der Waals surface area contributed by atoms with E-state index in [4.69, 9.17) is 9.47 Å². The quantitative estimate of drug-likeness (QED) is 0.777. The molecule has 3 rings (SSSR count). The summed E-state index contributed by atoms with van der Waals surface area (Å²) in [7, 11) is 1.62. The fourth-order valence-corrected chi connectivity index (χ4v) is 2.90. The average Bonchev–Trinajstić information content (AvgIpc) is 3.10. The summed E-state index contributed by atoms with van der Waals surface area (Å²) in [5, 5.41) is 2.90. The van der Waals surface area contributed by atoms with Gasteiger partial charge < -0.3 is 19.7 Å². The number of nitrogens with one attached hydrogen (secondary N) is 1. The van der Waals surface area contributed by atoms with E-state index in [0.29, 0.717) is 38.2 Å². The van der Waals surface area contributed by atoms with Gasteiger partial charge in [0.05, 0.1) is 13.7 Å². The van der Waals surface area contributed by atoms with Gasteiger partial charge in [-0.15, -0.1) is 0 Å². The number of hydrogen-bond acceptors (Lipinski definition) is 4. The lowest BCUT2D eigenvalue weighted by Gasteiger charge is -2.13. The van der Waals surface area contributed by atoms with Crippen LogP contribution in [0.25, 0.3) is 11.1 Å². The molecule has 0 bridgehead atoms. The summed E-state index contributed by atoms with van der Waals surface area (Å²) in [6.07, 6.45) is 0.404. The van der Waals surface area contributed by atoms with E-state index in [1.165, 1.54) is 0 Å². The normalized spacial score (nSPS) is 13.4. The molecule has 26 heavy (non-hydrogen) atoms. The Morgan fingerprint density at radius 3 is 2.73 bits per heavy atom. The van der Waals surface area contributed by atoms with Crippen LogP contribution in [0.3, 0.4) is 0 Å². The van der Waals surface area contributed by atoms with E-state index in [1.807, 2.05) is 36.4 Å².